The Labute approximate surface area is 131 Å². The summed E-state index contributed by atoms with van der Waals surface area (Å²) in [7, 11) is 0. The molecular formula is C16H24FN3S. The van der Waals surface area contributed by atoms with Gasteiger partial charge in [-0.1, -0.05) is 25.0 Å². The Morgan fingerprint density at radius 2 is 1.71 bits per heavy atom. The number of hydrogen-bond donors (Lipinski definition) is 2. The second-order valence-corrected chi connectivity index (χ2v) is 5.90. The minimum atomic E-state index is -0.211. The van der Waals surface area contributed by atoms with Crippen LogP contribution in [0.25, 0.3) is 0 Å². The predicted octanol–water partition coefficient (Wildman–Crippen LogP) is 2.67. The average molecular weight is 309 g/mol. The van der Waals surface area contributed by atoms with Gasteiger partial charge in [-0.25, -0.2) is 4.39 Å². The maximum atomic E-state index is 12.8. The van der Waals surface area contributed by atoms with E-state index in [1.165, 1.54) is 50.9 Å². The monoisotopic (exact) mass is 309 g/mol. The molecule has 0 radical (unpaired) electrons. The highest BCUT2D eigenvalue weighted by molar-refractivity contribution is 7.80. The maximum absolute atomic E-state index is 12.8. The van der Waals surface area contributed by atoms with Gasteiger partial charge >= 0.3 is 0 Å². The first kappa shape index (κ1) is 16.2. The molecule has 0 bridgehead atoms. The minimum Gasteiger partial charge on any atom is -0.361 e. The van der Waals surface area contributed by atoms with E-state index in [-0.39, 0.29) is 5.82 Å². The van der Waals surface area contributed by atoms with Gasteiger partial charge in [-0.15, -0.1) is 0 Å². The van der Waals surface area contributed by atoms with Crippen LogP contribution in [-0.4, -0.2) is 36.2 Å². The molecule has 1 aliphatic heterocycles. The van der Waals surface area contributed by atoms with Crippen molar-refractivity contribution in [2.75, 3.05) is 26.2 Å². The van der Waals surface area contributed by atoms with E-state index in [1.807, 2.05) is 0 Å². The molecule has 0 atom stereocenters. The molecule has 116 valence electrons. The Balaban J connectivity index is 1.59. The summed E-state index contributed by atoms with van der Waals surface area (Å²) in [5, 5.41) is 7.05. The fraction of sp³-hybridized carbons (Fsp3) is 0.562. The molecule has 1 heterocycles. The first-order chi connectivity index (χ1) is 10.2. The highest BCUT2D eigenvalue weighted by Gasteiger charge is 2.08. The highest BCUT2D eigenvalue weighted by Crippen LogP contribution is 2.08. The third-order valence-corrected chi connectivity index (χ3v) is 4.07. The molecule has 0 aromatic heterocycles. The highest BCUT2D eigenvalue weighted by atomic mass is 32.1. The van der Waals surface area contributed by atoms with Crippen molar-refractivity contribution in [3.05, 3.63) is 35.6 Å². The van der Waals surface area contributed by atoms with Gasteiger partial charge in [0, 0.05) is 19.6 Å². The normalized spacial score (nSPS) is 16.2. The fourth-order valence-electron chi connectivity index (χ4n) is 2.53. The summed E-state index contributed by atoms with van der Waals surface area (Å²) in [6, 6.07) is 6.46. The Hall–Kier alpha value is -1.20. The lowest BCUT2D eigenvalue weighted by atomic mass is 10.2. The molecule has 0 spiro atoms. The zero-order chi connectivity index (χ0) is 14.9. The van der Waals surface area contributed by atoms with Crippen LogP contribution in [0.5, 0.6) is 0 Å². The van der Waals surface area contributed by atoms with Crippen molar-refractivity contribution >= 4 is 17.3 Å². The van der Waals surface area contributed by atoms with Crippen LogP contribution in [0.15, 0.2) is 24.3 Å². The smallest absolute Gasteiger partial charge is 0.166 e. The van der Waals surface area contributed by atoms with Gasteiger partial charge in [0.1, 0.15) is 5.82 Å². The number of benzene rings is 1. The van der Waals surface area contributed by atoms with Crippen LogP contribution in [-0.2, 0) is 6.54 Å². The summed E-state index contributed by atoms with van der Waals surface area (Å²) in [4.78, 5) is 2.50. The number of likely N-dealkylation sites (tertiary alicyclic amines) is 1. The standard InChI is InChI=1S/C16H24FN3S/c17-15-7-5-14(6-8-15)13-19-16(21)18-9-12-20-10-3-1-2-4-11-20/h5-8H,1-4,9-13H2,(H2,18,19,21). The second kappa shape index (κ2) is 8.95. The Kier molecular flexibility index (Phi) is 6.89. The third-order valence-electron chi connectivity index (χ3n) is 3.78. The number of halogens is 1. The summed E-state index contributed by atoms with van der Waals surface area (Å²) in [6.45, 7) is 4.94. The van der Waals surface area contributed by atoms with Crippen LogP contribution >= 0.6 is 12.2 Å². The molecule has 1 saturated heterocycles. The molecule has 21 heavy (non-hydrogen) atoms. The molecule has 1 aromatic carbocycles. The molecule has 3 nitrogen and oxygen atoms in total. The van der Waals surface area contributed by atoms with Crippen LogP contribution in [0.3, 0.4) is 0 Å². The third kappa shape index (κ3) is 6.40. The van der Waals surface area contributed by atoms with Crippen molar-refractivity contribution in [2.45, 2.75) is 32.2 Å². The number of nitrogens with one attached hydrogen (secondary N) is 2. The SMILES string of the molecule is Fc1ccc(CNC(=S)NCCN2CCCCCC2)cc1. The summed E-state index contributed by atoms with van der Waals surface area (Å²) < 4.78 is 12.8. The van der Waals surface area contributed by atoms with Crippen molar-refractivity contribution < 1.29 is 4.39 Å². The molecule has 0 aliphatic carbocycles. The molecule has 2 N–H and O–H groups in total. The lowest BCUT2D eigenvalue weighted by molar-refractivity contribution is 0.289. The molecule has 0 saturated carbocycles. The summed E-state index contributed by atoms with van der Waals surface area (Å²) in [5.74, 6) is -0.211. The van der Waals surface area contributed by atoms with E-state index in [4.69, 9.17) is 12.2 Å². The quantitative estimate of drug-likeness (QED) is 0.818. The van der Waals surface area contributed by atoms with E-state index in [0.29, 0.717) is 11.7 Å². The van der Waals surface area contributed by atoms with Gasteiger partial charge in [0.25, 0.3) is 0 Å². The van der Waals surface area contributed by atoms with Gasteiger partial charge in [0.2, 0.25) is 0 Å². The van der Waals surface area contributed by atoms with Gasteiger partial charge in [0.15, 0.2) is 5.11 Å². The first-order valence-electron chi connectivity index (χ1n) is 7.72. The average Bonchev–Trinajstić information content (AvgIpc) is 2.75. The lowest BCUT2D eigenvalue weighted by Gasteiger charge is -2.20. The van der Waals surface area contributed by atoms with Crippen molar-refractivity contribution in [1.29, 1.82) is 0 Å². The van der Waals surface area contributed by atoms with Crippen LogP contribution in [0.1, 0.15) is 31.2 Å². The number of nitrogens with zero attached hydrogens (tertiary/aromatic N) is 1. The van der Waals surface area contributed by atoms with Gasteiger partial charge in [0.05, 0.1) is 0 Å². The molecular weight excluding hydrogens is 285 g/mol. The molecule has 5 heteroatoms. The number of thiocarbonyl (C=S) groups is 1. The van der Waals surface area contributed by atoms with Crippen LogP contribution < -0.4 is 10.6 Å². The van der Waals surface area contributed by atoms with E-state index in [2.05, 4.69) is 15.5 Å². The molecule has 0 unspecified atom stereocenters. The zero-order valence-corrected chi connectivity index (χ0v) is 13.2. The largest absolute Gasteiger partial charge is 0.361 e. The van der Waals surface area contributed by atoms with E-state index in [1.54, 1.807) is 12.1 Å². The van der Waals surface area contributed by atoms with Crippen LogP contribution in [0.2, 0.25) is 0 Å². The summed E-state index contributed by atoms with van der Waals surface area (Å²) >= 11 is 5.26. The first-order valence-corrected chi connectivity index (χ1v) is 8.13. The van der Waals surface area contributed by atoms with Crippen molar-refractivity contribution in [1.82, 2.24) is 15.5 Å². The Morgan fingerprint density at radius 1 is 1.05 bits per heavy atom. The summed E-state index contributed by atoms with van der Waals surface area (Å²) in [5.41, 5.74) is 1.02. The predicted molar refractivity (Wildman–Crippen MR) is 88.7 cm³/mol. The molecule has 1 fully saturated rings. The molecule has 0 amide bonds. The molecule has 1 aliphatic rings. The van der Waals surface area contributed by atoms with Crippen molar-refractivity contribution in [3.8, 4) is 0 Å². The topological polar surface area (TPSA) is 27.3 Å². The second-order valence-electron chi connectivity index (χ2n) is 5.49. The fourth-order valence-corrected chi connectivity index (χ4v) is 2.71. The maximum Gasteiger partial charge on any atom is 0.166 e. The molecule has 2 rings (SSSR count). The molecule has 1 aromatic rings. The van der Waals surface area contributed by atoms with Gasteiger partial charge in [-0.05, 0) is 55.8 Å². The summed E-state index contributed by atoms with van der Waals surface area (Å²) in [6.07, 6.45) is 5.35. The lowest BCUT2D eigenvalue weighted by Crippen LogP contribution is -2.40. The van der Waals surface area contributed by atoms with Gasteiger partial charge < -0.3 is 15.5 Å². The van der Waals surface area contributed by atoms with E-state index < -0.39 is 0 Å². The van der Waals surface area contributed by atoms with Crippen LogP contribution in [0.4, 0.5) is 4.39 Å². The van der Waals surface area contributed by atoms with Crippen molar-refractivity contribution in [2.24, 2.45) is 0 Å². The van der Waals surface area contributed by atoms with E-state index in [9.17, 15) is 4.39 Å². The number of rotatable bonds is 5. The van der Waals surface area contributed by atoms with E-state index in [0.717, 1.165) is 18.7 Å². The zero-order valence-electron chi connectivity index (χ0n) is 12.4. The van der Waals surface area contributed by atoms with Crippen molar-refractivity contribution in [3.63, 3.8) is 0 Å². The Morgan fingerprint density at radius 3 is 2.38 bits per heavy atom. The van der Waals surface area contributed by atoms with Gasteiger partial charge in [-0.2, -0.15) is 0 Å². The van der Waals surface area contributed by atoms with Crippen LogP contribution in [0, 0.1) is 5.82 Å². The van der Waals surface area contributed by atoms with Gasteiger partial charge in [-0.3, -0.25) is 0 Å². The van der Waals surface area contributed by atoms with E-state index >= 15 is 0 Å². The number of hydrogen-bond acceptors (Lipinski definition) is 2. The Bertz CT molecular complexity index is 428. The minimum absolute atomic E-state index is 0.211.